The highest BCUT2D eigenvalue weighted by Gasteiger charge is 2.60. The quantitative estimate of drug-likeness (QED) is 0.0311. The molecule has 13 N–H and O–H groups in total. The van der Waals surface area contributed by atoms with Gasteiger partial charge in [0.2, 0.25) is 11.8 Å². The Bertz CT molecular complexity index is 1360. The topological polar surface area (TPSA) is 353 Å². The number of hydrogen-bond acceptors (Lipinski definition) is 19. The molecule has 2 amide bonds. The number of allylic oxidation sites excluding steroid dienone is 1. The summed E-state index contributed by atoms with van der Waals surface area (Å²) in [5, 5.41) is 122. The number of unbranched alkanes of at least 4 members (excludes halogenated alkanes) is 5. The first-order valence-electron chi connectivity index (χ1n) is 21.0. The number of carbonyl (C=O) groups is 3. The summed E-state index contributed by atoms with van der Waals surface area (Å²) in [4.78, 5) is 37.5. The van der Waals surface area contributed by atoms with E-state index in [9.17, 15) is 70.6 Å². The first kappa shape index (κ1) is 52.9. The number of aliphatic hydroxyl groups excluding tert-OH is 10. The third kappa shape index (κ3) is 14.5. The van der Waals surface area contributed by atoms with Crippen LogP contribution in [0.1, 0.15) is 85.0 Å². The maximum atomic E-state index is 12.8. The minimum atomic E-state index is -3.05. The van der Waals surface area contributed by atoms with Crippen LogP contribution in [0.4, 0.5) is 0 Å². The van der Waals surface area contributed by atoms with Gasteiger partial charge in [0.1, 0.15) is 67.1 Å². The van der Waals surface area contributed by atoms with Gasteiger partial charge in [-0.3, -0.25) is 9.59 Å². The molecular formula is C39H68N2O20. The summed E-state index contributed by atoms with van der Waals surface area (Å²) in [6, 6.07) is -2.11. The van der Waals surface area contributed by atoms with Gasteiger partial charge in [-0.25, -0.2) is 4.79 Å². The zero-order valence-corrected chi connectivity index (χ0v) is 34.9. The second-order valence-corrected chi connectivity index (χ2v) is 15.7. The summed E-state index contributed by atoms with van der Waals surface area (Å²) < 4.78 is 34.2. The van der Waals surface area contributed by atoms with Gasteiger partial charge in [0, 0.05) is 19.8 Å². The predicted molar refractivity (Wildman–Crippen MR) is 208 cm³/mol. The second-order valence-electron chi connectivity index (χ2n) is 15.7. The van der Waals surface area contributed by atoms with Gasteiger partial charge in [-0.05, 0) is 19.3 Å². The van der Waals surface area contributed by atoms with E-state index in [-0.39, 0.29) is 12.5 Å². The highest BCUT2D eigenvalue weighted by atomic mass is 16.8. The van der Waals surface area contributed by atoms with Crippen LogP contribution >= 0.6 is 0 Å². The highest BCUT2D eigenvalue weighted by molar-refractivity contribution is 5.77. The number of amides is 2. The summed E-state index contributed by atoms with van der Waals surface area (Å²) in [6.45, 7) is 2.10. The Morgan fingerprint density at radius 3 is 2.11 bits per heavy atom. The van der Waals surface area contributed by atoms with Crippen molar-refractivity contribution in [3.8, 4) is 0 Å². The molecule has 22 nitrogen and oxygen atoms in total. The van der Waals surface area contributed by atoms with E-state index in [1.54, 1.807) is 0 Å². The Morgan fingerprint density at radius 1 is 0.836 bits per heavy atom. The van der Waals surface area contributed by atoms with Crippen LogP contribution in [0.15, 0.2) is 12.2 Å². The fraction of sp³-hybridized carbons (Fsp3) is 0.872. The fourth-order valence-corrected chi connectivity index (χ4v) is 7.40. The largest absolute Gasteiger partial charge is 0.477 e. The van der Waals surface area contributed by atoms with E-state index in [0.717, 1.165) is 45.4 Å². The lowest BCUT2D eigenvalue weighted by Crippen LogP contribution is -2.70. The standard InChI is InChI=1S/C39H68N2O20/c1-4-6-8-10-12-14-26(48)41-21(13-11-9-7-5-2)19-56-36-31(52)30(51)33(25(18-44)58-36)59-37-32(53)35(29(50)24(17-43)57-37)61-39(38(54)55)15-22(46)27(40-20(3)45)34(60-39)28(49)23(47)16-42/h9,11,21-25,27-37,42-44,46-47,49-53H,4-8,10,12-19H2,1-3H3,(H,40,45)(H,41,48)(H,54,55)/b11-9+/t21-,22-,23+,24+,25+,27+,28+,29-,30+,31+,32+,33+,34+,35-,36+,37-,39-/m0/s1. The SMILES string of the molecule is CCC/C=C/C[C@@H](CO[C@@H]1O[C@H](CO)[C@@H](O[C@@H]2O[C@H](CO)[C@H](O)[C@H](O[C@]3(C(=O)O)C[C@H](O)[C@@H](NC(C)=O)[C@H]([C@H](O)[C@H](O)CO)O3)[C@H]2O)[C@H](O)[C@H]1O)NC(=O)CCCCCCC. The van der Waals surface area contributed by atoms with Crippen LogP contribution in [0.2, 0.25) is 0 Å². The van der Waals surface area contributed by atoms with Crippen LogP contribution in [0, 0.1) is 0 Å². The lowest BCUT2D eigenvalue weighted by molar-refractivity contribution is -0.386. The third-order valence-electron chi connectivity index (χ3n) is 10.8. The average molecular weight is 885 g/mol. The maximum absolute atomic E-state index is 12.8. The van der Waals surface area contributed by atoms with Gasteiger partial charge in [-0.15, -0.1) is 0 Å². The number of ether oxygens (including phenoxy) is 6. The number of aliphatic carboxylic acids is 1. The molecule has 61 heavy (non-hydrogen) atoms. The first-order chi connectivity index (χ1) is 29.0. The zero-order valence-electron chi connectivity index (χ0n) is 34.9. The summed E-state index contributed by atoms with van der Waals surface area (Å²) in [5.41, 5.74) is 0. The molecule has 17 atom stereocenters. The van der Waals surface area contributed by atoms with Gasteiger partial charge in [-0.2, -0.15) is 0 Å². The third-order valence-corrected chi connectivity index (χ3v) is 10.8. The molecule has 0 saturated carbocycles. The van der Waals surface area contributed by atoms with Crippen molar-refractivity contribution in [1.29, 1.82) is 0 Å². The summed E-state index contributed by atoms with van der Waals surface area (Å²) in [6.07, 6.45) is -16.5. The number of hydrogen-bond donors (Lipinski definition) is 13. The molecule has 3 fully saturated rings. The Hall–Kier alpha value is -2.49. The van der Waals surface area contributed by atoms with Crippen molar-refractivity contribution in [2.75, 3.05) is 26.4 Å². The van der Waals surface area contributed by atoms with Gasteiger partial charge in [0.15, 0.2) is 12.6 Å². The Balaban J connectivity index is 1.79. The van der Waals surface area contributed by atoms with Crippen molar-refractivity contribution in [3.05, 3.63) is 12.2 Å². The van der Waals surface area contributed by atoms with E-state index in [4.69, 9.17) is 28.4 Å². The van der Waals surface area contributed by atoms with Crippen LogP contribution in [0.25, 0.3) is 0 Å². The van der Waals surface area contributed by atoms with E-state index in [1.807, 2.05) is 19.1 Å². The van der Waals surface area contributed by atoms with E-state index in [2.05, 4.69) is 17.6 Å². The smallest absolute Gasteiger partial charge is 0.364 e. The predicted octanol–water partition coefficient (Wildman–Crippen LogP) is -3.61. The van der Waals surface area contributed by atoms with Crippen molar-refractivity contribution >= 4 is 17.8 Å². The Morgan fingerprint density at radius 2 is 1.51 bits per heavy atom. The van der Waals surface area contributed by atoms with Crippen molar-refractivity contribution in [2.45, 2.75) is 189 Å². The van der Waals surface area contributed by atoms with Crippen molar-refractivity contribution < 1.29 is 99.0 Å². The zero-order chi connectivity index (χ0) is 45.4. The van der Waals surface area contributed by atoms with E-state index in [1.165, 1.54) is 0 Å². The number of carboxylic acid groups (broad SMARTS) is 1. The molecular weight excluding hydrogens is 816 g/mol. The minimum absolute atomic E-state index is 0.166. The maximum Gasteiger partial charge on any atom is 0.364 e. The van der Waals surface area contributed by atoms with Crippen LogP contribution < -0.4 is 10.6 Å². The monoisotopic (exact) mass is 884 g/mol. The number of carbonyl (C=O) groups excluding carboxylic acids is 2. The summed E-state index contributed by atoms with van der Waals surface area (Å²) in [5.74, 6) is -5.96. The average Bonchev–Trinajstić information content (AvgIpc) is 3.22. The van der Waals surface area contributed by atoms with Crippen LogP contribution in [-0.2, 0) is 42.8 Å². The van der Waals surface area contributed by atoms with Crippen molar-refractivity contribution in [2.24, 2.45) is 0 Å². The van der Waals surface area contributed by atoms with Crippen LogP contribution in [0.3, 0.4) is 0 Å². The van der Waals surface area contributed by atoms with Gasteiger partial charge in [0.05, 0.1) is 44.6 Å². The number of carboxylic acids is 1. The lowest BCUT2D eigenvalue weighted by atomic mass is 9.88. The summed E-state index contributed by atoms with van der Waals surface area (Å²) >= 11 is 0. The molecule has 0 aliphatic carbocycles. The van der Waals surface area contributed by atoms with Crippen LogP contribution in [0.5, 0.6) is 0 Å². The van der Waals surface area contributed by atoms with Gasteiger partial charge >= 0.3 is 5.97 Å². The molecule has 0 aromatic carbocycles. The van der Waals surface area contributed by atoms with Gasteiger partial charge in [-0.1, -0.05) is 58.1 Å². The molecule has 3 rings (SSSR count). The van der Waals surface area contributed by atoms with Crippen LogP contribution in [-0.4, -0.2) is 204 Å². The molecule has 3 aliphatic heterocycles. The molecule has 0 aromatic heterocycles. The molecule has 22 heteroatoms. The molecule has 3 aliphatic rings. The second kappa shape index (κ2) is 25.7. The first-order valence-corrected chi connectivity index (χ1v) is 21.0. The molecule has 3 heterocycles. The molecule has 0 spiro atoms. The van der Waals surface area contributed by atoms with E-state index in [0.29, 0.717) is 19.3 Å². The van der Waals surface area contributed by atoms with Gasteiger partial charge in [0.25, 0.3) is 5.79 Å². The lowest BCUT2D eigenvalue weighted by Gasteiger charge is -2.50. The number of rotatable bonds is 25. The molecule has 0 aromatic rings. The van der Waals surface area contributed by atoms with Gasteiger partial charge < -0.3 is 95.2 Å². The number of aliphatic hydroxyl groups is 10. The van der Waals surface area contributed by atoms with E-state index < -0.39 is 142 Å². The minimum Gasteiger partial charge on any atom is -0.477 e. The summed E-state index contributed by atoms with van der Waals surface area (Å²) in [7, 11) is 0. The molecule has 3 saturated heterocycles. The Labute approximate surface area is 354 Å². The fourth-order valence-electron chi connectivity index (χ4n) is 7.40. The highest BCUT2D eigenvalue weighted by Crippen LogP contribution is 2.38. The normalized spacial score (nSPS) is 36.0. The molecule has 0 radical (unpaired) electrons. The Kier molecular flexibility index (Phi) is 22.3. The van der Waals surface area contributed by atoms with E-state index >= 15 is 0 Å². The van der Waals surface area contributed by atoms with Crippen molar-refractivity contribution in [1.82, 2.24) is 10.6 Å². The molecule has 0 unspecified atom stereocenters. The molecule has 0 bridgehead atoms. The van der Waals surface area contributed by atoms with Crippen molar-refractivity contribution in [3.63, 3.8) is 0 Å². The molecule has 354 valence electrons. The number of nitrogens with one attached hydrogen (secondary N) is 2.